The van der Waals surface area contributed by atoms with Gasteiger partial charge in [-0.3, -0.25) is 9.69 Å². The molecule has 170 valence electrons. The van der Waals surface area contributed by atoms with Crippen molar-refractivity contribution in [2.24, 2.45) is 0 Å². The smallest absolute Gasteiger partial charge is 0.237 e. The third kappa shape index (κ3) is 3.78. The third-order valence-electron chi connectivity index (χ3n) is 7.12. The van der Waals surface area contributed by atoms with Gasteiger partial charge in [-0.15, -0.1) is 0 Å². The van der Waals surface area contributed by atoms with Gasteiger partial charge in [-0.05, 0) is 31.4 Å². The van der Waals surface area contributed by atoms with Crippen LogP contribution in [-0.2, 0) is 4.79 Å². The van der Waals surface area contributed by atoms with Crippen molar-refractivity contribution < 1.29 is 13.6 Å². The molecular weight excluding hydrogens is 421 g/mol. The summed E-state index contributed by atoms with van der Waals surface area (Å²) in [6, 6.07) is 8.57. The lowest BCUT2D eigenvalue weighted by molar-refractivity contribution is -0.134. The zero-order chi connectivity index (χ0) is 22.4. The van der Waals surface area contributed by atoms with Crippen molar-refractivity contribution in [3.63, 3.8) is 0 Å². The van der Waals surface area contributed by atoms with Crippen LogP contribution in [0.1, 0.15) is 30.9 Å². The molecule has 5 heterocycles. The summed E-state index contributed by atoms with van der Waals surface area (Å²) in [7, 11) is 0. The predicted octanol–water partition coefficient (Wildman–Crippen LogP) is 3.50. The molecular formula is C25H26FN5O2. The van der Waals surface area contributed by atoms with E-state index in [-0.39, 0.29) is 24.0 Å². The van der Waals surface area contributed by atoms with Crippen LogP contribution in [0.25, 0.3) is 11.3 Å². The third-order valence-corrected chi connectivity index (χ3v) is 7.12. The summed E-state index contributed by atoms with van der Waals surface area (Å²) in [4.78, 5) is 28.2. The minimum Gasteiger partial charge on any atom is -0.464 e. The van der Waals surface area contributed by atoms with E-state index in [2.05, 4.69) is 38.0 Å². The van der Waals surface area contributed by atoms with Gasteiger partial charge in [0.2, 0.25) is 11.9 Å². The van der Waals surface area contributed by atoms with Crippen molar-refractivity contribution in [2.45, 2.75) is 37.4 Å². The predicted molar refractivity (Wildman–Crippen MR) is 121 cm³/mol. The number of halogens is 1. The van der Waals surface area contributed by atoms with Crippen LogP contribution in [0.15, 0.2) is 59.5 Å². The monoisotopic (exact) mass is 447 g/mol. The Morgan fingerprint density at radius 2 is 1.91 bits per heavy atom. The molecule has 3 unspecified atom stereocenters. The Labute approximate surface area is 191 Å². The molecule has 0 radical (unpaired) electrons. The van der Waals surface area contributed by atoms with Crippen LogP contribution in [0.4, 0.5) is 10.3 Å². The Balaban J connectivity index is 1.16. The standard InChI is InChI=1S/C25H26FN5O2/c26-19-11-27-25(28-12-19)31-20-7-8-21(31)14-29(13-20)15-24(32)30-9-2-1-5-22(30)18-10-17-4-3-6-23(17)33-16-18/h1-4,6,10-12,16,20-22H,5,7-9,13-15H2. The van der Waals surface area contributed by atoms with E-state index in [4.69, 9.17) is 4.42 Å². The average Bonchev–Trinajstić information content (AvgIpc) is 3.41. The number of piperazine rings is 1. The zero-order valence-corrected chi connectivity index (χ0v) is 18.3. The molecule has 0 saturated carbocycles. The second-order valence-corrected chi connectivity index (χ2v) is 9.18. The number of nitrogens with zero attached hydrogens (tertiary/aromatic N) is 5. The molecule has 0 spiro atoms. The van der Waals surface area contributed by atoms with Gasteiger partial charge in [0.25, 0.3) is 0 Å². The quantitative estimate of drug-likeness (QED) is 0.571. The molecule has 1 aliphatic carbocycles. The molecule has 1 aromatic heterocycles. The molecule has 6 rings (SSSR count). The molecule has 8 heteroatoms. The van der Waals surface area contributed by atoms with Crippen molar-refractivity contribution in [3.8, 4) is 11.3 Å². The summed E-state index contributed by atoms with van der Waals surface area (Å²) in [5, 5.41) is 0. The van der Waals surface area contributed by atoms with Gasteiger partial charge in [0, 0.05) is 42.8 Å². The van der Waals surface area contributed by atoms with Crippen LogP contribution in [0.2, 0.25) is 0 Å². The minimum absolute atomic E-state index is 0.0174. The SMILES string of the molecule is O=C(CN1CC2CCC(C1)N2c1ncc(F)cn1)N1CC=CCC1c1coc2cccc-2c1. The Morgan fingerprint density at radius 3 is 2.70 bits per heavy atom. The van der Waals surface area contributed by atoms with Gasteiger partial charge in [-0.25, -0.2) is 14.4 Å². The normalized spacial score (nSPS) is 25.2. The van der Waals surface area contributed by atoms with Crippen molar-refractivity contribution in [1.29, 1.82) is 0 Å². The van der Waals surface area contributed by atoms with Gasteiger partial charge in [-0.2, -0.15) is 0 Å². The highest BCUT2D eigenvalue weighted by molar-refractivity contribution is 5.79. The number of carbonyl (C=O) groups excluding carboxylic acids is 1. The number of aromatic nitrogens is 2. The van der Waals surface area contributed by atoms with Crippen LogP contribution in [0, 0.1) is 5.82 Å². The number of hydrogen-bond acceptors (Lipinski definition) is 6. The van der Waals surface area contributed by atoms with E-state index < -0.39 is 5.82 Å². The molecule has 7 nitrogen and oxygen atoms in total. The summed E-state index contributed by atoms with van der Waals surface area (Å²) in [6.07, 6.45) is 11.3. The average molecular weight is 448 g/mol. The Morgan fingerprint density at radius 1 is 1.12 bits per heavy atom. The van der Waals surface area contributed by atoms with Crippen LogP contribution in [0.3, 0.4) is 0 Å². The van der Waals surface area contributed by atoms with Crippen molar-refractivity contribution in [1.82, 2.24) is 19.8 Å². The lowest BCUT2D eigenvalue weighted by Crippen LogP contribution is -2.56. The van der Waals surface area contributed by atoms with Crippen LogP contribution >= 0.6 is 0 Å². The first-order valence-electron chi connectivity index (χ1n) is 11.6. The summed E-state index contributed by atoms with van der Waals surface area (Å²) in [5.74, 6) is 1.16. The van der Waals surface area contributed by atoms with Crippen molar-refractivity contribution in [2.75, 3.05) is 31.1 Å². The number of rotatable bonds is 4. The first-order valence-corrected chi connectivity index (χ1v) is 11.6. The molecule has 3 atom stereocenters. The van der Waals surface area contributed by atoms with Gasteiger partial charge >= 0.3 is 0 Å². The number of anilines is 1. The van der Waals surface area contributed by atoms with Crippen molar-refractivity contribution in [3.05, 3.63) is 66.5 Å². The van der Waals surface area contributed by atoms with Crippen LogP contribution in [-0.4, -0.2) is 63.9 Å². The van der Waals surface area contributed by atoms with E-state index in [0.29, 0.717) is 19.0 Å². The topological polar surface area (TPSA) is 65.7 Å². The zero-order valence-electron chi connectivity index (χ0n) is 18.3. The maximum atomic E-state index is 13.4. The molecule has 1 amide bonds. The molecule has 4 aliphatic heterocycles. The van der Waals surface area contributed by atoms with E-state index in [1.54, 1.807) is 6.26 Å². The van der Waals surface area contributed by atoms with E-state index >= 15 is 0 Å². The van der Waals surface area contributed by atoms with E-state index in [1.165, 1.54) is 12.4 Å². The molecule has 0 aromatic carbocycles. The molecule has 2 saturated heterocycles. The molecule has 2 fully saturated rings. The number of likely N-dealkylation sites (tertiary alicyclic amines) is 1. The van der Waals surface area contributed by atoms with Crippen molar-refractivity contribution >= 4 is 11.9 Å². The van der Waals surface area contributed by atoms with Crippen LogP contribution < -0.4 is 4.90 Å². The van der Waals surface area contributed by atoms with Gasteiger partial charge in [0.15, 0.2) is 5.82 Å². The molecule has 0 N–H and O–H groups in total. The van der Waals surface area contributed by atoms with E-state index in [1.807, 2.05) is 23.1 Å². The number of fused-ring (bicyclic) bond motifs is 3. The van der Waals surface area contributed by atoms with E-state index in [9.17, 15) is 9.18 Å². The first-order chi connectivity index (χ1) is 16.2. The number of hydrogen-bond donors (Lipinski definition) is 0. The molecule has 33 heavy (non-hydrogen) atoms. The number of amides is 1. The van der Waals surface area contributed by atoms with Gasteiger partial charge < -0.3 is 14.2 Å². The highest BCUT2D eigenvalue weighted by Gasteiger charge is 2.42. The summed E-state index contributed by atoms with van der Waals surface area (Å²) < 4.78 is 19.1. The molecule has 2 bridgehead atoms. The second-order valence-electron chi connectivity index (χ2n) is 9.18. The minimum atomic E-state index is -0.425. The summed E-state index contributed by atoms with van der Waals surface area (Å²) in [5.41, 5.74) is 2.09. The largest absolute Gasteiger partial charge is 0.464 e. The lowest BCUT2D eigenvalue weighted by atomic mass is 9.99. The van der Waals surface area contributed by atoms with Gasteiger partial charge in [-0.1, -0.05) is 24.3 Å². The fourth-order valence-electron chi connectivity index (χ4n) is 5.59. The van der Waals surface area contributed by atoms with Crippen LogP contribution in [0.5, 0.6) is 0 Å². The van der Waals surface area contributed by atoms with Gasteiger partial charge in [0.1, 0.15) is 5.76 Å². The lowest BCUT2D eigenvalue weighted by Gasteiger charge is -2.42. The van der Waals surface area contributed by atoms with Gasteiger partial charge in [0.05, 0.1) is 31.2 Å². The number of carbonyl (C=O) groups is 1. The summed E-state index contributed by atoms with van der Waals surface area (Å²) in [6.45, 7) is 2.57. The Bertz CT molecular complexity index is 1130. The second kappa shape index (κ2) is 8.26. The molecule has 1 aromatic rings. The fourth-order valence-corrected chi connectivity index (χ4v) is 5.59. The first kappa shape index (κ1) is 20.4. The molecule has 5 aliphatic rings. The maximum absolute atomic E-state index is 13.4. The Kier molecular flexibility index (Phi) is 5.10. The summed E-state index contributed by atoms with van der Waals surface area (Å²) >= 11 is 0. The highest BCUT2D eigenvalue weighted by atomic mass is 19.1. The van der Waals surface area contributed by atoms with E-state index in [0.717, 1.165) is 49.2 Å². The Hall–Kier alpha value is -3.26. The fraction of sp³-hybridized carbons (Fsp3) is 0.400. The highest BCUT2D eigenvalue weighted by Crippen LogP contribution is 2.35. The maximum Gasteiger partial charge on any atom is 0.237 e.